The molecule has 0 unspecified atom stereocenters. The van der Waals surface area contributed by atoms with E-state index in [0.717, 1.165) is 12.8 Å². The van der Waals surface area contributed by atoms with Crippen LogP contribution in [0, 0.1) is 0 Å². The second kappa shape index (κ2) is 5.90. The third-order valence-corrected chi connectivity index (χ3v) is 2.25. The maximum atomic E-state index is 11.7. The maximum absolute atomic E-state index is 11.7. The van der Waals surface area contributed by atoms with Gasteiger partial charge in [0.15, 0.2) is 0 Å². The monoisotopic (exact) mass is 220 g/mol. The van der Waals surface area contributed by atoms with E-state index in [9.17, 15) is 9.59 Å². The van der Waals surface area contributed by atoms with Gasteiger partial charge in [0.2, 0.25) is 5.91 Å². The van der Waals surface area contributed by atoms with Gasteiger partial charge in [0.1, 0.15) is 0 Å². The Morgan fingerprint density at radius 3 is 2.44 bits per heavy atom. The zero-order valence-corrected chi connectivity index (χ0v) is 9.32. The summed E-state index contributed by atoms with van der Waals surface area (Å²) < 4.78 is 0. The van der Waals surface area contributed by atoms with Crippen molar-refractivity contribution in [3.05, 3.63) is 35.4 Å². The van der Waals surface area contributed by atoms with E-state index in [4.69, 9.17) is 5.73 Å². The van der Waals surface area contributed by atoms with Crippen LogP contribution in [-0.2, 0) is 0 Å². The van der Waals surface area contributed by atoms with Gasteiger partial charge in [-0.2, -0.15) is 0 Å². The second-order valence-electron chi connectivity index (χ2n) is 3.52. The molecule has 0 bridgehead atoms. The summed E-state index contributed by atoms with van der Waals surface area (Å²) in [6.45, 7) is 2.66. The van der Waals surface area contributed by atoms with Crippen LogP contribution in [0.2, 0.25) is 0 Å². The minimum atomic E-state index is -0.582. The maximum Gasteiger partial charge on any atom is 0.252 e. The van der Waals surface area contributed by atoms with Crippen molar-refractivity contribution in [1.82, 2.24) is 5.32 Å². The molecule has 0 aliphatic carbocycles. The molecule has 1 rings (SSSR count). The first-order valence-electron chi connectivity index (χ1n) is 5.33. The van der Waals surface area contributed by atoms with Crippen molar-refractivity contribution in [2.75, 3.05) is 6.54 Å². The number of rotatable bonds is 5. The number of amides is 2. The Hall–Kier alpha value is -1.84. The molecule has 3 N–H and O–H groups in total. The molecule has 4 heteroatoms. The smallest absolute Gasteiger partial charge is 0.252 e. The van der Waals surface area contributed by atoms with Crippen LogP contribution in [-0.4, -0.2) is 18.4 Å². The van der Waals surface area contributed by atoms with Gasteiger partial charge in [0.25, 0.3) is 5.91 Å². The number of unbranched alkanes of at least 4 members (excludes halogenated alkanes) is 1. The van der Waals surface area contributed by atoms with Gasteiger partial charge in [-0.15, -0.1) is 0 Å². The van der Waals surface area contributed by atoms with Crippen LogP contribution in [0.5, 0.6) is 0 Å². The number of carbonyl (C=O) groups is 2. The predicted octanol–water partition coefficient (Wildman–Crippen LogP) is 1.32. The van der Waals surface area contributed by atoms with E-state index in [1.807, 2.05) is 6.92 Å². The summed E-state index contributed by atoms with van der Waals surface area (Å²) in [5.41, 5.74) is 5.79. The van der Waals surface area contributed by atoms with E-state index in [2.05, 4.69) is 5.32 Å². The van der Waals surface area contributed by atoms with E-state index in [-0.39, 0.29) is 11.5 Å². The molecule has 4 nitrogen and oxygen atoms in total. The SMILES string of the molecule is CCCCNC(=O)c1ccccc1C(N)=O. The van der Waals surface area contributed by atoms with Crippen LogP contribution in [0.25, 0.3) is 0 Å². The number of hydrogen-bond donors (Lipinski definition) is 2. The third kappa shape index (κ3) is 3.08. The molecular formula is C12H16N2O2. The minimum absolute atomic E-state index is 0.247. The molecule has 0 spiro atoms. The molecule has 16 heavy (non-hydrogen) atoms. The van der Waals surface area contributed by atoms with Crippen LogP contribution in [0.1, 0.15) is 40.5 Å². The molecule has 1 aromatic carbocycles. The van der Waals surface area contributed by atoms with Gasteiger partial charge in [-0.3, -0.25) is 9.59 Å². The van der Waals surface area contributed by atoms with Gasteiger partial charge in [0.05, 0.1) is 11.1 Å². The topological polar surface area (TPSA) is 72.2 Å². The molecule has 0 aliphatic heterocycles. The zero-order valence-electron chi connectivity index (χ0n) is 9.32. The molecule has 0 aromatic heterocycles. The Bertz CT molecular complexity index is 388. The Morgan fingerprint density at radius 2 is 1.88 bits per heavy atom. The van der Waals surface area contributed by atoms with E-state index < -0.39 is 5.91 Å². The van der Waals surface area contributed by atoms with Crippen molar-refractivity contribution in [1.29, 1.82) is 0 Å². The highest BCUT2D eigenvalue weighted by molar-refractivity contribution is 6.06. The standard InChI is InChI=1S/C12H16N2O2/c1-2-3-8-14-12(16)10-7-5-4-6-9(10)11(13)15/h4-7H,2-3,8H2,1H3,(H2,13,15)(H,14,16). The van der Waals surface area contributed by atoms with E-state index >= 15 is 0 Å². The van der Waals surface area contributed by atoms with Crippen LogP contribution in [0.15, 0.2) is 24.3 Å². The first-order valence-corrected chi connectivity index (χ1v) is 5.33. The number of nitrogens with one attached hydrogen (secondary N) is 1. The summed E-state index contributed by atoms with van der Waals surface area (Å²) in [5, 5.41) is 2.75. The van der Waals surface area contributed by atoms with Gasteiger partial charge in [-0.05, 0) is 18.6 Å². The molecule has 0 fully saturated rings. The van der Waals surface area contributed by atoms with Crippen molar-refractivity contribution >= 4 is 11.8 Å². The Labute approximate surface area is 94.8 Å². The van der Waals surface area contributed by atoms with Crippen LogP contribution in [0.3, 0.4) is 0 Å². The van der Waals surface area contributed by atoms with Crippen molar-refractivity contribution in [2.45, 2.75) is 19.8 Å². The summed E-state index contributed by atoms with van der Waals surface area (Å²) in [7, 11) is 0. The number of primary amides is 1. The summed E-state index contributed by atoms with van der Waals surface area (Å²) in [6.07, 6.45) is 1.93. The van der Waals surface area contributed by atoms with Crippen molar-refractivity contribution in [3.63, 3.8) is 0 Å². The van der Waals surface area contributed by atoms with Crippen LogP contribution >= 0.6 is 0 Å². The molecule has 0 atom stereocenters. The third-order valence-electron chi connectivity index (χ3n) is 2.25. The lowest BCUT2D eigenvalue weighted by atomic mass is 10.1. The average molecular weight is 220 g/mol. The van der Waals surface area contributed by atoms with E-state index in [0.29, 0.717) is 12.1 Å². The van der Waals surface area contributed by atoms with Crippen LogP contribution in [0.4, 0.5) is 0 Å². The molecule has 0 saturated heterocycles. The van der Waals surface area contributed by atoms with E-state index in [1.165, 1.54) is 0 Å². The molecule has 0 aliphatic rings. The van der Waals surface area contributed by atoms with Crippen molar-refractivity contribution in [3.8, 4) is 0 Å². The molecular weight excluding hydrogens is 204 g/mol. The Kier molecular flexibility index (Phi) is 4.51. The Balaban J connectivity index is 2.78. The van der Waals surface area contributed by atoms with Crippen molar-refractivity contribution < 1.29 is 9.59 Å². The second-order valence-corrected chi connectivity index (χ2v) is 3.52. The largest absolute Gasteiger partial charge is 0.366 e. The summed E-state index contributed by atoms with van der Waals surface area (Å²) in [6, 6.07) is 6.54. The minimum Gasteiger partial charge on any atom is -0.366 e. The number of carbonyl (C=O) groups excluding carboxylic acids is 2. The lowest BCUT2D eigenvalue weighted by Crippen LogP contribution is -2.27. The summed E-state index contributed by atoms with van der Waals surface area (Å²) in [5.74, 6) is -0.830. The van der Waals surface area contributed by atoms with Gasteiger partial charge < -0.3 is 11.1 Å². The lowest BCUT2D eigenvalue weighted by molar-refractivity contribution is 0.0935. The fourth-order valence-electron chi connectivity index (χ4n) is 1.37. The normalized spacial score (nSPS) is 9.81. The number of hydrogen-bond acceptors (Lipinski definition) is 2. The first-order chi connectivity index (χ1) is 7.66. The zero-order chi connectivity index (χ0) is 12.0. The number of nitrogens with two attached hydrogens (primary N) is 1. The quantitative estimate of drug-likeness (QED) is 0.734. The summed E-state index contributed by atoms with van der Waals surface area (Å²) >= 11 is 0. The van der Waals surface area contributed by atoms with Gasteiger partial charge in [-0.25, -0.2) is 0 Å². The fraction of sp³-hybridized carbons (Fsp3) is 0.333. The van der Waals surface area contributed by atoms with E-state index in [1.54, 1.807) is 24.3 Å². The van der Waals surface area contributed by atoms with Crippen molar-refractivity contribution in [2.24, 2.45) is 5.73 Å². The highest BCUT2D eigenvalue weighted by Crippen LogP contribution is 2.07. The highest BCUT2D eigenvalue weighted by atomic mass is 16.2. The summed E-state index contributed by atoms with van der Waals surface area (Å²) in [4.78, 5) is 22.8. The Morgan fingerprint density at radius 1 is 1.25 bits per heavy atom. The fourth-order valence-corrected chi connectivity index (χ4v) is 1.37. The molecule has 1 aromatic rings. The highest BCUT2D eigenvalue weighted by Gasteiger charge is 2.13. The number of benzene rings is 1. The van der Waals surface area contributed by atoms with Gasteiger partial charge >= 0.3 is 0 Å². The molecule has 2 amide bonds. The molecule has 0 heterocycles. The van der Waals surface area contributed by atoms with Gasteiger partial charge in [-0.1, -0.05) is 25.5 Å². The van der Waals surface area contributed by atoms with Gasteiger partial charge in [0, 0.05) is 6.54 Å². The van der Waals surface area contributed by atoms with Crippen LogP contribution < -0.4 is 11.1 Å². The predicted molar refractivity (Wildman–Crippen MR) is 62.2 cm³/mol. The lowest BCUT2D eigenvalue weighted by Gasteiger charge is -2.07. The molecule has 86 valence electrons. The molecule has 0 saturated carbocycles. The first kappa shape index (κ1) is 12.2. The molecule has 0 radical (unpaired) electrons. The average Bonchev–Trinajstić information content (AvgIpc) is 2.29.